The lowest BCUT2D eigenvalue weighted by atomic mass is 9.96. The molecule has 0 spiro atoms. The van der Waals surface area contributed by atoms with Gasteiger partial charge in [-0.2, -0.15) is 0 Å². The summed E-state index contributed by atoms with van der Waals surface area (Å²) < 4.78 is 0. The first-order chi connectivity index (χ1) is 8.70. The fraction of sp³-hybridized carbons (Fsp3) is 1.00. The maximum atomic E-state index is 3.64. The zero-order valence-corrected chi connectivity index (χ0v) is 14.2. The van der Waals surface area contributed by atoms with Crippen molar-refractivity contribution in [1.82, 2.24) is 15.1 Å². The number of piperidine rings is 1. The molecule has 1 aliphatic rings. The maximum Gasteiger partial charge on any atom is 0.0217 e. The van der Waals surface area contributed by atoms with Gasteiger partial charge in [0.15, 0.2) is 0 Å². The second-order valence-corrected chi connectivity index (χ2v) is 7.60. The molecule has 3 nitrogen and oxygen atoms in total. The van der Waals surface area contributed by atoms with Gasteiger partial charge in [0.25, 0.3) is 0 Å². The Morgan fingerprint density at radius 2 is 1.89 bits per heavy atom. The van der Waals surface area contributed by atoms with Crippen LogP contribution in [0, 0.1) is 5.92 Å². The summed E-state index contributed by atoms with van der Waals surface area (Å²) in [5.74, 6) is 0.695. The van der Waals surface area contributed by atoms with Crippen LogP contribution in [0.1, 0.15) is 47.5 Å². The summed E-state index contributed by atoms with van der Waals surface area (Å²) in [6.07, 6.45) is 2.69. The Morgan fingerprint density at radius 3 is 2.42 bits per heavy atom. The van der Waals surface area contributed by atoms with Gasteiger partial charge in [-0.1, -0.05) is 6.92 Å². The highest BCUT2D eigenvalue weighted by molar-refractivity contribution is 4.84. The quantitative estimate of drug-likeness (QED) is 0.827. The average molecular weight is 269 g/mol. The molecule has 0 bridgehead atoms. The molecule has 0 saturated carbocycles. The average Bonchev–Trinajstić information content (AvgIpc) is 2.34. The van der Waals surface area contributed by atoms with Gasteiger partial charge in [-0.3, -0.25) is 4.90 Å². The van der Waals surface area contributed by atoms with Crippen LogP contribution in [0.5, 0.6) is 0 Å². The number of nitrogens with zero attached hydrogens (tertiary/aromatic N) is 2. The largest absolute Gasteiger partial charge is 0.312 e. The zero-order valence-electron chi connectivity index (χ0n) is 14.2. The van der Waals surface area contributed by atoms with Crippen LogP contribution in [0.15, 0.2) is 0 Å². The van der Waals surface area contributed by atoms with Gasteiger partial charge in [0.05, 0.1) is 0 Å². The molecular formula is C16H35N3. The molecule has 1 heterocycles. The van der Waals surface area contributed by atoms with Gasteiger partial charge in [0.1, 0.15) is 0 Å². The third kappa shape index (κ3) is 5.80. The van der Waals surface area contributed by atoms with E-state index in [1.165, 1.54) is 25.9 Å². The number of likely N-dealkylation sites (tertiary alicyclic amines) is 1. The molecule has 3 heteroatoms. The third-order valence-corrected chi connectivity index (χ3v) is 4.51. The first-order valence-corrected chi connectivity index (χ1v) is 7.86. The lowest BCUT2D eigenvalue weighted by Gasteiger charge is -2.41. The molecule has 0 aliphatic carbocycles. The van der Waals surface area contributed by atoms with Crippen LogP contribution < -0.4 is 5.32 Å². The van der Waals surface area contributed by atoms with Gasteiger partial charge in [-0.25, -0.2) is 0 Å². The monoisotopic (exact) mass is 269 g/mol. The summed E-state index contributed by atoms with van der Waals surface area (Å²) in [5.41, 5.74) is 0.224. The topological polar surface area (TPSA) is 18.5 Å². The first-order valence-electron chi connectivity index (χ1n) is 7.86. The van der Waals surface area contributed by atoms with E-state index in [1.54, 1.807) is 0 Å². The first kappa shape index (κ1) is 16.9. The van der Waals surface area contributed by atoms with Gasteiger partial charge >= 0.3 is 0 Å². The molecule has 1 N–H and O–H groups in total. The number of likely N-dealkylation sites (N-methyl/N-ethyl adjacent to an activating group) is 1. The number of hydrogen-bond acceptors (Lipinski definition) is 3. The van der Waals surface area contributed by atoms with Gasteiger partial charge < -0.3 is 10.2 Å². The number of rotatable bonds is 5. The van der Waals surface area contributed by atoms with Crippen molar-refractivity contribution in [2.75, 3.05) is 33.7 Å². The third-order valence-electron chi connectivity index (χ3n) is 4.51. The van der Waals surface area contributed by atoms with Crippen LogP contribution in [0.3, 0.4) is 0 Å². The van der Waals surface area contributed by atoms with Gasteiger partial charge in [-0.15, -0.1) is 0 Å². The second kappa shape index (κ2) is 7.05. The molecule has 1 aliphatic heterocycles. The van der Waals surface area contributed by atoms with Crippen LogP contribution in [0.4, 0.5) is 0 Å². The fourth-order valence-corrected chi connectivity index (χ4v) is 2.77. The standard InChI is InChI=1S/C16H35N3/c1-13(11-17-16(3,4)5)14(2)19-10-8-9-15(12-19)18(6)7/h13-15,17H,8-12H2,1-7H3. The van der Waals surface area contributed by atoms with E-state index in [1.807, 2.05) is 0 Å². The molecular weight excluding hydrogens is 234 g/mol. The maximum absolute atomic E-state index is 3.64. The Labute approximate surface area is 120 Å². The molecule has 3 unspecified atom stereocenters. The van der Waals surface area contributed by atoms with E-state index in [2.05, 4.69) is 63.8 Å². The molecule has 0 aromatic carbocycles. The van der Waals surface area contributed by atoms with E-state index in [4.69, 9.17) is 0 Å². The second-order valence-electron chi connectivity index (χ2n) is 7.60. The van der Waals surface area contributed by atoms with Crippen molar-refractivity contribution in [3.05, 3.63) is 0 Å². The highest BCUT2D eigenvalue weighted by Crippen LogP contribution is 2.20. The molecule has 0 radical (unpaired) electrons. The van der Waals surface area contributed by atoms with Gasteiger partial charge in [-0.05, 0) is 73.6 Å². The van der Waals surface area contributed by atoms with E-state index in [0.717, 1.165) is 12.6 Å². The van der Waals surface area contributed by atoms with Crippen molar-refractivity contribution >= 4 is 0 Å². The van der Waals surface area contributed by atoms with Crippen molar-refractivity contribution in [1.29, 1.82) is 0 Å². The predicted molar refractivity (Wildman–Crippen MR) is 84.7 cm³/mol. The highest BCUT2D eigenvalue weighted by atomic mass is 15.2. The van der Waals surface area contributed by atoms with Crippen molar-refractivity contribution in [3.8, 4) is 0 Å². The Bertz CT molecular complexity index is 257. The summed E-state index contributed by atoms with van der Waals surface area (Å²) in [6, 6.07) is 1.40. The number of nitrogens with one attached hydrogen (secondary N) is 1. The summed E-state index contributed by atoms with van der Waals surface area (Å²) in [6.45, 7) is 15.1. The molecule has 1 saturated heterocycles. The predicted octanol–water partition coefficient (Wildman–Crippen LogP) is 2.43. The highest BCUT2D eigenvalue weighted by Gasteiger charge is 2.27. The lowest BCUT2D eigenvalue weighted by molar-refractivity contribution is 0.0786. The van der Waals surface area contributed by atoms with Crippen LogP contribution in [0.25, 0.3) is 0 Å². The Kier molecular flexibility index (Phi) is 6.28. The van der Waals surface area contributed by atoms with Crippen LogP contribution in [-0.4, -0.2) is 61.2 Å². The molecule has 19 heavy (non-hydrogen) atoms. The molecule has 0 aromatic rings. The van der Waals surface area contributed by atoms with E-state index in [9.17, 15) is 0 Å². The summed E-state index contributed by atoms with van der Waals surface area (Å²) in [7, 11) is 4.42. The van der Waals surface area contributed by atoms with Gasteiger partial charge in [0, 0.05) is 24.2 Å². The van der Waals surface area contributed by atoms with Crippen molar-refractivity contribution < 1.29 is 0 Å². The molecule has 0 amide bonds. The summed E-state index contributed by atoms with van der Waals surface area (Å²) in [5, 5.41) is 3.64. The molecule has 3 atom stereocenters. The van der Waals surface area contributed by atoms with Crippen molar-refractivity contribution in [2.24, 2.45) is 5.92 Å². The van der Waals surface area contributed by atoms with Crippen LogP contribution in [0.2, 0.25) is 0 Å². The van der Waals surface area contributed by atoms with Gasteiger partial charge in [0.2, 0.25) is 0 Å². The van der Waals surface area contributed by atoms with E-state index >= 15 is 0 Å². The summed E-state index contributed by atoms with van der Waals surface area (Å²) >= 11 is 0. The summed E-state index contributed by atoms with van der Waals surface area (Å²) in [4.78, 5) is 5.07. The molecule has 1 rings (SSSR count). The smallest absolute Gasteiger partial charge is 0.0217 e. The normalized spacial score (nSPS) is 25.6. The molecule has 0 aromatic heterocycles. The van der Waals surface area contributed by atoms with Crippen LogP contribution in [-0.2, 0) is 0 Å². The minimum Gasteiger partial charge on any atom is -0.312 e. The Morgan fingerprint density at radius 1 is 1.26 bits per heavy atom. The van der Waals surface area contributed by atoms with E-state index in [0.29, 0.717) is 12.0 Å². The van der Waals surface area contributed by atoms with E-state index in [-0.39, 0.29) is 5.54 Å². The SMILES string of the molecule is CC(CNC(C)(C)C)C(C)N1CCCC(N(C)C)C1. The Balaban J connectivity index is 2.45. The van der Waals surface area contributed by atoms with Crippen LogP contribution >= 0.6 is 0 Å². The lowest BCUT2D eigenvalue weighted by Crippen LogP contribution is -2.52. The Hall–Kier alpha value is -0.120. The minimum absolute atomic E-state index is 0.224. The van der Waals surface area contributed by atoms with Crippen molar-refractivity contribution in [3.63, 3.8) is 0 Å². The zero-order chi connectivity index (χ0) is 14.6. The fourth-order valence-electron chi connectivity index (χ4n) is 2.77. The van der Waals surface area contributed by atoms with Crippen molar-refractivity contribution in [2.45, 2.75) is 65.1 Å². The van der Waals surface area contributed by atoms with E-state index < -0.39 is 0 Å². The minimum atomic E-state index is 0.224. The molecule has 114 valence electrons. The number of hydrogen-bond donors (Lipinski definition) is 1. The molecule has 1 fully saturated rings.